The largest absolute Gasteiger partial charge is 0.497 e. The normalized spacial score (nSPS) is 12.5. The molecule has 0 aliphatic heterocycles. The van der Waals surface area contributed by atoms with E-state index in [4.69, 9.17) is 4.74 Å². The zero-order valence-corrected chi connectivity index (χ0v) is 22.0. The van der Waals surface area contributed by atoms with E-state index in [1.54, 1.807) is 13.0 Å². The Kier molecular flexibility index (Phi) is 11.9. The van der Waals surface area contributed by atoms with Gasteiger partial charge in [0.2, 0.25) is 23.4 Å². The van der Waals surface area contributed by atoms with E-state index < -0.39 is 35.4 Å². The van der Waals surface area contributed by atoms with E-state index in [-0.39, 0.29) is 37.5 Å². The van der Waals surface area contributed by atoms with Gasteiger partial charge in [0.1, 0.15) is 17.6 Å². The minimum Gasteiger partial charge on any atom is -0.497 e. The SMILES string of the molecule is CCC(NC(=O)[C@H](CC(C)C)NC(=O)CCc1ccccc1)C(=O)C(=O)CCc1cc(F)cc(OC)c1. The fourth-order valence-electron chi connectivity index (χ4n) is 3.96. The van der Waals surface area contributed by atoms with E-state index in [9.17, 15) is 23.6 Å². The molecule has 2 amide bonds. The van der Waals surface area contributed by atoms with Gasteiger partial charge >= 0.3 is 0 Å². The van der Waals surface area contributed by atoms with Gasteiger partial charge in [0.25, 0.3) is 0 Å². The second-order valence-electron chi connectivity index (χ2n) is 9.49. The van der Waals surface area contributed by atoms with Crippen molar-refractivity contribution in [1.29, 1.82) is 0 Å². The van der Waals surface area contributed by atoms with Gasteiger partial charge in [-0.25, -0.2) is 4.39 Å². The first kappa shape index (κ1) is 29.7. The van der Waals surface area contributed by atoms with Crippen LogP contribution < -0.4 is 15.4 Å². The molecule has 0 spiro atoms. The lowest BCUT2D eigenvalue weighted by atomic mass is 9.98. The molecule has 2 N–H and O–H groups in total. The molecule has 8 heteroatoms. The van der Waals surface area contributed by atoms with Gasteiger partial charge in [0, 0.05) is 18.9 Å². The number of halogens is 1. The Labute approximate surface area is 218 Å². The van der Waals surface area contributed by atoms with Crippen molar-refractivity contribution >= 4 is 23.4 Å². The highest BCUT2D eigenvalue weighted by molar-refractivity contribution is 6.39. The number of hydrogen-bond acceptors (Lipinski definition) is 5. The molecular weight excluding hydrogens is 475 g/mol. The van der Waals surface area contributed by atoms with Crippen molar-refractivity contribution < 1.29 is 28.3 Å². The van der Waals surface area contributed by atoms with Gasteiger partial charge in [-0.1, -0.05) is 51.1 Å². The third kappa shape index (κ3) is 10.1. The highest BCUT2D eigenvalue weighted by Gasteiger charge is 2.29. The third-order valence-corrected chi connectivity index (χ3v) is 5.97. The number of Topliss-reactive ketones (excluding diaryl/α,β-unsaturated/α-hetero) is 2. The summed E-state index contributed by atoms with van der Waals surface area (Å²) in [4.78, 5) is 51.0. The minimum absolute atomic E-state index is 0.117. The quantitative estimate of drug-likeness (QED) is 0.352. The Hall–Kier alpha value is -3.55. The summed E-state index contributed by atoms with van der Waals surface area (Å²) < 4.78 is 18.7. The van der Waals surface area contributed by atoms with Crippen LogP contribution in [0, 0.1) is 11.7 Å². The molecule has 0 heterocycles. The van der Waals surface area contributed by atoms with Crippen molar-refractivity contribution in [3.05, 3.63) is 65.5 Å². The second kappa shape index (κ2) is 14.9. The molecule has 2 rings (SSSR count). The summed E-state index contributed by atoms with van der Waals surface area (Å²) in [5.74, 6) is -2.16. The Bertz CT molecular complexity index is 1070. The van der Waals surface area contributed by atoms with Gasteiger partial charge in [0.05, 0.1) is 13.2 Å². The number of nitrogens with one attached hydrogen (secondary N) is 2. The van der Waals surface area contributed by atoms with Crippen LogP contribution in [0.15, 0.2) is 48.5 Å². The molecule has 0 saturated carbocycles. The zero-order chi connectivity index (χ0) is 27.4. The van der Waals surface area contributed by atoms with Crippen LogP contribution in [0.4, 0.5) is 4.39 Å². The molecule has 2 aromatic carbocycles. The highest BCUT2D eigenvalue weighted by atomic mass is 19.1. The molecule has 0 radical (unpaired) electrons. The van der Waals surface area contributed by atoms with E-state index in [2.05, 4.69) is 10.6 Å². The molecule has 0 aliphatic rings. The zero-order valence-electron chi connectivity index (χ0n) is 22.0. The number of ketones is 2. The summed E-state index contributed by atoms with van der Waals surface area (Å²) in [5.41, 5.74) is 1.56. The van der Waals surface area contributed by atoms with Crippen LogP contribution in [0.2, 0.25) is 0 Å². The van der Waals surface area contributed by atoms with E-state index in [1.165, 1.54) is 19.2 Å². The maximum Gasteiger partial charge on any atom is 0.243 e. The second-order valence-corrected chi connectivity index (χ2v) is 9.49. The van der Waals surface area contributed by atoms with Gasteiger partial charge in [-0.05, 0) is 54.9 Å². The maximum absolute atomic E-state index is 13.7. The van der Waals surface area contributed by atoms with Gasteiger partial charge in [-0.3, -0.25) is 19.2 Å². The molecule has 2 aromatic rings. The molecule has 0 aromatic heterocycles. The first-order chi connectivity index (χ1) is 17.6. The molecular formula is C29H37FN2O5. The predicted molar refractivity (Wildman–Crippen MR) is 140 cm³/mol. The average molecular weight is 513 g/mol. The molecule has 0 aliphatic carbocycles. The number of ether oxygens (including phenoxy) is 1. The lowest BCUT2D eigenvalue weighted by Gasteiger charge is -2.23. The topological polar surface area (TPSA) is 102 Å². The van der Waals surface area contributed by atoms with E-state index in [0.29, 0.717) is 24.2 Å². The van der Waals surface area contributed by atoms with Crippen LogP contribution in [-0.2, 0) is 32.0 Å². The first-order valence-electron chi connectivity index (χ1n) is 12.7. The van der Waals surface area contributed by atoms with Gasteiger partial charge in [0.15, 0.2) is 0 Å². The Balaban J connectivity index is 1.96. The number of methoxy groups -OCH3 is 1. The van der Waals surface area contributed by atoms with E-state index in [1.807, 2.05) is 44.2 Å². The van der Waals surface area contributed by atoms with Crippen LogP contribution in [0.3, 0.4) is 0 Å². The number of amides is 2. The Morgan fingerprint density at radius 3 is 2.19 bits per heavy atom. The molecule has 7 nitrogen and oxygen atoms in total. The molecule has 1 unspecified atom stereocenters. The summed E-state index contributed by atoms with van der Waals surface area (Å²) >= 11 is 0. The predicted octanol–water partition coefficient (Wildman–Crippen LogP) is 3.96. The van der Waals surface area contributed by atoms with Crippen LogP contribution in [-0.4, -0.2) is 42.6 Å². The van der Waals surface area contributed by atoms with Gasteiger partial charge < -0.3 is 15.4 Å². The monoisotopic (exact) mass is 512 g/mol. The lowest BCUT2D eigenvalue weighted by molar-refractivity contribution is -0.139. The number of carbonyl (C=O) groups excluding carboxylic acids is 4. The van der Waals surface area contributed by atoms with E-state index >= 15 is 0 Å². The molecule has 0 bridgehead atoms. The van der Waals surface area contributed by atoms with E-state index in [0.717, 1.165) is 5.56 Å². The molecule has 200 valence electrons. The summed E-state index contributed by atoms with van der Waals surface area (Å²) in [6, 6.07) is 11.9. The van der Waals surface area contributed by atoms with Crippen LogP contribution >= 0.6 is 0 Å². The average Bonchev–Trinajstić information content (AvgIpc) is 2.88. The minimum atomic E-state index is -1.00. The molecule has 0 saturated heterocycles. The standard InChI is InChI=1S/C29H37FN2O5/c1-5-24(28(35)26(33)13-11-21-16-22(30)18-23(17-21)37-4)32-29(36)25(15-19(2)3)31-27(34)14-12-20-9-7-6-8-10-20/h6-10,16-19,24-25H,5,11-15H2,1-4H3,(H,31,34)(H,32,36)/t24?,25-/m0/s1. The highest BCUT2D eigenvalue weighted by Crippen LogP contribution is 2.17. The maximum atomic E-state index is 13.7. The number of carbonyl (C=O) groups is 4. The van der Waals surface area contributed by atoms with Crippen LogP contribution in [0.25, 0.3) is 0 Å². The fraction of sp³-hybridized carbons (Fsp3) is 0.448. The number of benzene rings is 2. The van der Waals surface area contributed by atoms with Crippen molar-refractivity contribution in [2.75, 3.05) is 7.11 Å². The summed E-state index contributed by atoms with van der Waals surface area (Å²) in [6.45, 7) is 5.57. The van der Waals surface area contributed by atoms with Crippen molar-refractivity contribution in [1.82, 2.24) is 10.6 Å². The Morgan fingerprint density at radius 2 is 1.57 bits per heavy atom. The van der Waals surface area contributed by atoms with Crippen molar-refractivity contribution in [3.8, 4) is 5.75 Å². The fourth-order valence-corrected chi connectivity index (χ4v) is 3.96. The number of hydrogen-bond donors (Lipinski definition) is 2. The lowest BCUT2D eigenvalue weighted by Crippen LogP contribution is -2.52. The van der Waals surface area contributed by atoms with Crippen molar-refractivity contribution in [2.45, 2.75) is 71.4 Å². The Morgan fingerprint density at radius 1 is 0.892 bits per heavy atom. The van der Waals surface area contributed by atoms with Crippen molar-refractivity contribution in [3.63, 3.8) is 0 Å². The summed E-state index contributed by atoms with van der Waals surface area (Å²) in [5, 5.41) is 5.44. The number of aryl methyl sites for hydroxylation is 2. The van der Waals surface area contributed by atoms with Crippen LogP contribution in [0.1, 0.15) is 57.6 Å². The summed E-state index contributed by atoms with van der Waals surface area (Å²) in [7, 11) is 1.42. The number of rotatable bonds is 15. The first-order valence-corrected chi connectivity index (χ1v) is 12.7. The molecule has 0 fully saturated rings. The van der Waals surface area contributed by atoms with Gasteiger partial charge in [-0.2, -0.15) is 0 Å². The van der Waals surface area contributed by atoms with Crippen LogP contribution in [0.5, 0.6) is 5.75 Å². The molecule has 37 heavy (non-hydrogen) atoms. The third-order valence-electron chi connectivity index (χ3n) is 5.97. The molecule has 2 atom stereocenters. The smallest absolute Gasteiger partial charge is 0.243 e. The van der Waals surface area contributed by atoms with Crippen molar-refractivity contribution in [2.24, 2.45) is 5.92 Å². The summed E-state index contributed by atoms with van der Waals surface area (Å²) in [6.07, 6.45) is 1.43. The van der Waals surface area contributed by atoms with Gasteiger partial charge in [-0.15, -0.1) is 0 Å².